The van der Waals surface area contributed by atoms with E-state index in [0.29, 0.717) is 18.5 Å². The largest absolute Gasteiger partial charge is 0.370 e. The number of benzene rings is 1. The maximum atomic E-state index is 5.85. The predicted molar refractivity (Wildman–Crippen MR) is 94.2 cm³/mol. The quantitative estimate of drug-likeness (QED) is 0.609. The van der Waals surface area contributed by atoms with Crippen LogP contribution in [0.5, 0.6) is 0 Å². The number of rotatable bonds is 7. The van der Waals surface area contributed by atoms with Crippen LogP contribution in [0.25, 0.3) is 0 Å². The third kappa shape index (κ3) is 5.48. The Morgan fingerprint density at radius 1 is 1.32 bits per heavy atom. The fourth-order valence-corrected chi connectivity index (χ4v) is 2.79. The topological polar surface area (TPSA) is 63.3 Å². The molecule has 0 spiro atoms. The van der Waals surface area contributed by atoms with Crippen LogP contribution in [0.15, 0.2) is 40.7 Å². The lowest BCUT2D eigenvalue weighted by Gasteiger charge is -2.11. The van der Waals surface area contributed by atoms with Gasteiger partial charge in [-0.2, -0.15) is 0 Å². The Morgan fingerprint density at radius 2 is 2.09 bits per heavy atom. The zero-order valence-corrected chi connectivity index (χ0v) is 14.1. The highest BCUT2D eigenvalue weighted by Crippen LogP contribution is 2.13. The summed E-state index contributed by atoms with van der Waals surface area (Å²) in [6.45, 7) is 4.74. The molecule has 1 atom stereocenters. The van der Waals surface area contributed by atoms with Gasteiger partial charge in [0.2, 0.25) is 0 Å². The molecule has 118 valence electrons. The van der Waals surface area contributed by atoms with Crippen LogP contribution in [0.4, 0.5) is 0 Å². The lowest BCUT2D eigenvalue weighted by molar-refractivity contribution is 0.636. The van der Waals surface area contributed by atoms with E-state index in [-0.39, 0.29) is 0 Å². The normalized spacial score (nSPS) is 13.1. The first kappa shape index (κ1) is 16.5. The molecular weight excluding hydrogens is 292 g/mol. The number of aryl methyl sites for hydroxylation is 2. The molecule has 22 heavy (non-hydrogen) atoms. The van der Waals surface area contributed by atoms with Crippen molar-refractivity contribution in [1.82, 2.24) is 10.3 Å². The third-order valence-corrected chi connectivity index (χ3v) is 4.45. The average molecular weight is 316 g/mol. The highest BCUT2D eigenvalue weighted by atomic mass is 32.1. The van der Waals surface area contributed by atoms with Crippen LogP contribution in [0, 0.1) is 0 Å². The number of thiazole rings is 1. The Balaban J connectivity index is 1.82. The molecule has 0 aliphatic heterocycles. The average Bonchev–Trinajstić information content (AvgIpc) is 3.00. The van der Waals surface area contributed by atoms with Gasteiger partial charge >= 0.3 is 0 Å². The van der Waals surface area contributed by atoms with Crippen LogP contribution in [0.1, 0.15) is 36.5 Å². The maximum Gasteiger partial charge on any atom is 0.189 e. The number of nitrogens with two attached hydrogens (primary N) is 1. The summed E-state index contributed by atoms with van der Waals surface area (Å²) in [6.07, 6.45) is 3.02. The van der Waals surface area contributed by atoms with Gasteiger partial charge in [-0.1, -0.05) is 37.3 Å². The molecule has 0 saturated carbocycles. The summed E-state index contributed by atoms with van der Waals surface area (Å²) in [5, 5.41) is 6.38. The van der Waals surface area contributed by atoms with Crippen molar-refractivity contribution < 1.29 is 0 Å². The third-order valence-electron chi connectivity index (χ3n) is 3.49. The van der Waals surface area contributed by atoms with Gasteiger partial charge in [0, 0.05) is 17.8 Å². The molecule has 0 radical (unpaired) electrons. The van der Waals surface area contributed by atoms with Crippen molar-refractivity contribution in [3.8, 4) is 0 Å². The monoisotopic (exact) mass is 316 g/mol. The standard InChI is InChI=1S/C17H24N4S/c1-3-13(2)20-17(18)19-11-15-12-22-16(21-15)10-9-14-7-5-4-6-8-14/h4-8,12-13H,3,9-11H2,1-2H3,(H3,18,19,20). The minimum absolute atomic E-state index is 0.348. The van der Waals surface area contributed by atoms with Crippen molar-refractivity contribution in [2.24, 2.45) is 10.7 Å². The number of nitrogens with zero attached hydrogens (tertiary/aromatic N) is 2. The molecule has 1 unspecified atom stereocenters. The van der Waals surface area contributed by atoms with E-state index < -0.39 is 0 Å². The van der Waals surface area contributed by atoms with E-state index in [1.807, 2.05) is 6.07 Å². The van der Waals surface area contributed by atoms with E-state index in [2.05, 4.69) is 58.8 Å². The Hall–Kier alpha value is -1.88. The molecule has 0 fully saturated rings. The van der Waals surface area contributed by atoms with Crippen LogP contribution in [0.3, 0.4) is 0 Å². The molecule has 3 N–H and O–H groups in total. The van der Waals surface area contributed by atoms with Crippen LogP contribution in [-0.2, 0) is 19.4 Å². The highest BCUT2D eigenvalue weighted by molar-refractivity contribution is 7.09. The van der Waals surface area contributed by atoms with E-state index in [9.17, 15) is 0 Å². The molecule has 0 aliphatic carbocycles. The van der Waals surface area contributed by atoms with Crippen LogP contribution < -0.4 is 11.1 Å². The minimum atomic E-state index is 0.348. The Kier molecular flexibility index (Phi) is 6.40. The molecule has 5 heteroatoms. The number of nitrogens with one attached hydrogen (secondary N) is 1. The van der Waals surface area contributed by atoms with Crippen molar-refractivity contribution in [2.75, 3.05) is 0 Å². The first-order chi connectivity index (χ1) is 10.7. The van der Waals surface area contributed by atoms with Gasteiger partial charge in [-0.05, 0) is 25.3 Å². The molecule has 0 aliphatic rings. The second-order valence-electron chi connectivity index (χ2n) is 5.37. The fraction of sp³-hybridized carbons (Fsp3) is 0.412. The van der Waals surface area contributed by atoms with Crippen LogP contribution in [-0.4, -0.2) is 17.0 Å². The molecule has 4 nitrogen and oxygen atoms in total. The first-order valence-corrected chi connectivity index (χ1v) is 8.59. The number of aliphatic imine (C=N–C) groups is 1. The van der Waals surface area contributed by atoms with Crippen molar-refractivity contribution in [3.63, 3.8) is 0 Å². The summed E-state index contributed by atoms with van der Waals surface area (Å²) in [5.41, 5.74) is 8.19. The second-order valence-corrected chi connectivity index (χ2v) is 6.32. The molecule has 2 rings (SSSR count). The first-order valence-electron chi connectivity index (χ1n) is 7.71. The maximum absolute atomic E-state index is 5.85. The summed E-state index contributed by atoms with van der Waals surface area (Å²) < 4.78 is 0. The van der Waals surface area contributed by atoms with Crippen LogP contribution in [0.2, 0.25) is 0 Å². The molecular formula is C17H24N4S. The number of hydrogen-bond acceptors (Lipinski definition) is 3. The highest BCUT2D eigenvalue weighted by Gasteiger charge is 2.03. The molecule has 1 aromatic heterocycles. The lowest BCUT2D eigenvalue weighted by atomic mass is 10.1. The summed E-state index contributed by atoms with van der Waals surface area (Å²) in [7, 11) is 0. The Labute approximate surface area is 136 Å². The van der Waals surface area contributed by atoms with Crippen molar-refractivity contribution in [2.45, 2.75) is 45.7 Å². The van der Waals surface area contributed by atoms with E-state index in [0.717, 1.165) is 30.0 Å². The van der Waals surface area contributed by atoms with Crippen molar-refractivity contribution in [1.29, 1.82) is 0 Å². The lowest BCUT2D eigenvalue weighted by Crippen LogP contribution is -2.38. The van der Waals surface area contributed by atoms with Gasteiger partial charge < -0.3 is 11.1 Å². The number of aromatic nitrogens is 1. The summed E-state index contributed by atoms with van der Waals surface area (Å²) in [6, 6.07) is 10.8. The molecule has 1 aromatic carbocycles. The van der Waals surface area contributed by atoms with Gasteiger partial charge in [-0.25, -0.2) is 9.98 Å². The molecule has 0 bridgehead atoms. The van der Waals surface area contributed by atoms with Crippen molar-refractivity contribution in [3.05, 3.63) is 52.0 Å². The molecule has 1 heterocycles. The fourth-order valence-electron chi connectivity index (χ4n) is 2.00. The Bertz CT molecular complexity index is 592. The predicted octanol–water partition coefficient (Wildman–Crippen LogP) is 3.13. The van der Waals surface area contributed by atoms with Crippen LogP contribution >= 0.6 is 11.3 Å². The SMILES string of the molecule is CCC(C)NC(N)=NCc1csc(CCc2ccccc2)n1. The number of guanidine groups is 1. The van der Waals surface area contributed by atoms with Gasteiger partial charge in [0.25, 0.3) is 0 Å². The Morgan fingerprint density at radius 3 is 2.82 bits per heavy atom. The summed E-state index contributed by atoms with van der Waals surface area (Å²) in [5.74, 6) is 0.494. The summed E-state index contributed by atoms with van der Waals surface area (Å²) >= 11 is 1.70. The van der Waals surface area contributed by atoms with Gasteiger partial charge in [0.15, 0.2) is 5.96 Å². The molecule has 0 saturated heterocycles. The molecule has 0 amide bonds. The van der Waals surface area contributed by atoms with E-state index in [1.165, 1.54) is 5.56 Å². The van der Waals surface area contributed by atoms with E-state index in [4.69, 9.17) is 5.73 Å². The minimum Gasteiger partial charge on any atom is -0.370 e. The second kappa shape index (κ2) is 8.54. The van der Waals surface area contributed by atoms with Gasteiger partial charge in [0.05, 0.1) is 17.2 Å². The van der Waals surface area contributed by atoms with Gasteiger partial charge in [-0.3, -0.25) is 0 Å². The van der Waals surface area contributed by atoms with E-state index >= 15 is 0 Å². The zero-order chi connectivity index (χ0) is 15.8. The van der Waals surface area contributed by atoms with Gasteiger partial charge in [-0.15, -0.1) is 11.3 Å². The zero-order valence-electron chi connectivity index (χ0n) is 13.2. The number of hydrogen-bond donors (Lipinski definition) is 2. The van der Waals surface area contributed by atoms with Crippen molar-refractivity contribution >= 4 is 17.3 Å². The summed E-state index contributed by atoms with van der Waals surface area (Å²) in [4.78, 5) is 8.97. The molecule has 2 aromatic rings. The van der Waals surface area contributed by atoms with Gasteiger partial charge in [0.1, 0.15) is 0 Å². The van der Waals surface area contributed by atoms with E-state index in [1.54, 1.807) is 11.3 Å². The smallest absolute Gasteiger partial charge is 0.189 e.